The first-order valence-corrected chi connectivity index (χ1v) is 6.11. The standard InChI is InChI=1S/C11H14BrN3O2/c1-7-4-8(5-14-9(7)12)15-10(16)11(13)2-3-17-6-11/h4-5H,2-3,6,13H2,1H3,(H,15,16). The van der Waals surface area contributed by atoms with Crippen LogP contribution in [0.4, 0.5) is 5.69 Å². The Bertz CT molecular complexity index is 444. The molecule has 1 saturated heterocycles. The van der Waals surface area contributed by atoms with Crippen LogP contribution in [0.1, 0.15) is 12.0 Å². The van der Waals surface area contributed by atoms with Crippen LogP contribution in [0, 0.1) is 6.92 Å². The smallest absolute Gasteiger partial charge is 0.246 e. The summed E-state index contributed by atoms with van der Waals surface area (Å²) in [7, 11) is 0. The number of aromatic nitrogens is 1. The summed E-state index contributed by atoms with van der Waals surface area (Å²) < 4.78 is 5.92. The van der Waals surface area contributed by atoms with Crippen molar-refractivity contribution < 1.29 is 9.53 Å². The zero-order chi connectivity index (χ0) is 12.5. The third-order valence-electron chi connectivity index (χ3n) is 2.78. The van der Waals surface area contributed by atoms with Crippen LogP contribution in [0.3, 0.4) is 0 Å². The van der Waals surface area contributed by atoms with E-state index in [1.54, 1.807) is 6.20 Å². The number of halogens is 1. The number of nitrogens with zero attached hydrogens (tertiary/aromatic N) is 1. The van der Waals surface area contributed by atoms with Crippen LogP contribution in [0.5, 0.6) is 0 Å². The maximum atomic E-state index is 12.0. The van der Waals surface area contributed by atoms with Crippen LogP contribution >= 0.6 is 15.9 Å². The third kappa shape index (κ3) is 2.65. The molecule has 6 heteroatoms. The Balaban J connectivity index is 2.10. The molecule has 1 aromatic heterocycles. The van der Waals surface area contributed by atoms with Gasteiger partial charge in [0.1, 0.15) is 10.1 Å². The van der Waals surface area contributed by atoms with Crippen molar-refractivity contribution >= 4 is 27.5 Å². The van der Waals surface area contributed by atoms with E-state index in [0.717, 1.165) is 10.2 Å². The molecule has 0 aromatic carbocycles. The molecule has 0 saturated carbocycles. The third-order valence-corrected chi connectivity index (χ3v) is 3.61. The van der Waals surface area contributed by atoms with Crippen molar-refractivity contribution in [2.75, 3.05) is 18.5 Å². The van der Waals surface area contributed by atoms with Crippen LogP contribution in [-0.2, 0) is 9.53 Å². The van der Waals surface area contributed by atoms with Crippen LogP contribution < -0.4 is 11.1 Å². The number of hydrogen-bond donors (Lipinski definition) is 2. The second kappa shape index (κ2) is 4.72. The molecule has 0 radical (unpaired) electrons. The van der Waals surface area contributed by atoms with Crippen LogP contribution in [0.25, 0.3) is 0 Å². The summed E-state index contributed by atoms with van der Waals surface area (Å²) in [5.41, 5.74) is 6.64. The lowest BCUT2D eigenvalue weighted by Gasteiger charge is -2.20. The van der Waals surface area contributed by atoms with Crippen molar-refractivity contribution in [2.45, 2.75) is 18.9 Å². The van der Waals surface area contributed by atoms with Gasteiger partial charge in [-0.3, -0.25) is 4.79 Å². The highest BCUT2D eigenvalue weighted by atomic mass is 79.9. The molecule has 1 aliphatic rings. The Kier molecular flexibility index (Phi) is 3.46. The Morgan fingerprint density at radius 1 is 1.71 bits per heavy atom. The van der Waals surface area contributed by atoms with Gasteiger partial charge in [-0.05, 0) is 40.9 Å². The Hall–Kier alpha value is -0.980. The first-order chi connectivity index (χ1) is 8.01. The van der Waals surface area contributed by atoms with Crippen molar-refractivity contribution in [3.63, 3.8) is 0 Å². The van der Waals surface area contributed by atoms with Gasteiger partial charge in [-0.2, -0.15) is 0 Å². The molecule has 3 N–H and O–H groups in total. The molecule has 1 fully saturated rings. The van der Waals surface area contributed by atoms with E-state index in [-0.39, 0.29) is 12.5 Å². The van der Waals surface area contributed by atoms with Gasteiger partial charge >= 0.3 is 0 Å². The van der Waals surface area contributed by atoms with E-state index in [1.165, 1.54) is 0 Å². The summed E-state index contributed by atoms with van der Waals surface area (Å²) in [5, 5.41) is 2.77. The van der Waals surface area contributed by atoms with Crippen molar-refractivity contribution in [1.29, 1.82) is 0 Å². The lowest BCUT2D eigenvalue weighted by molar-refractivity contribution is -0.121. The van der Waals surface area contributed by atoms with E-state index in [2.05, 4.69) is 26.2 Å². The number of amides is 1. The number of hydrogen-bond acceptors (Lipinski definition) is 4. The van der Waals surface area contributed by atoms with Crippen LogP contribution in [-0.4, -0.2) is 29.6 Å². The predicted molar refractivity (Wildman–Crippen MR) is 67.7 cm³/mol. The van der Waals surface area contributed by atoms with Crippen molar-refractivity contribution in [3.05, 3.63) is 22.4 Å². The summed E-state index contributed by atoms with van der Waals surface area (Å²) in [6.07, 6.45) is 2.13. The lowest BCUT2D eigenvalue weighted by Crippen LogP contribution is -2.51. The zero-order valence-electron chi connectivity index (χ0n) is 9.50. The molecule has 1 atom stereocenters. The van der Waals surface area contributed by atoms with Crippen LogP contribution in [0.15, 0.2) is 16.9 Å². The minimum atomic E-state index is -0.916. The first-order valence-electron chi connectivity index (χ1n) is 5.31. The van der Waals surface area contributed by atoms with E-state index in [4.69, 9.17) is 10.5 Å². The molecule has 92 valence electrons. The molecule has 1 amide bonds. The zero-order valence-corrected chi connectivity index (χ0v) is 11.1. The number of carbonyl (C=O) groups is 1. The molecule has 1 aliphatic heterocycles. The number of rotatable bonds is 2. The Morgan fingerprint density at radius 2 is 2.47 bits per heavy atom. The highest BCUT2D eigenvalue weighted by Gasteiger charge is 2.38. The normalized spacial score (nSPS) is 23.7. The molecule has 0 aliphatic carbocycles. The van der Waals surface area contributed by atoms with E-state index in [9.17, 15) is 4.79 Å². The fourth-order valence-electron chi connectivity index (χ4n) is 1.64. The quantitative estimate of drug-likeness (QED) is 0.805. The fourth-order valence-corrected chi connectivity index (χ4v) is 1.86. The van der Waals surface area contributed by atoms with Crippen molar-refractivity contribution in [3.8, 4) is 0 Å². The number of anilines is 1. The predicted octanol–water partition coefficient (Wildman–Crippen LogP) is 1.21. The molecule has 1 unspecified atom stereocenters. The molecule has 2 heterocycles. The molecule has 0 bridgehead atoms. The summed E-state index contributed by atoms with van der Waals surface area (Å²) >= 11 is 3.30. The van der Waals surface area contributed by atoms with E-state index in [1.807, 2.05) is 13.0 Å². The average Bonchev–Trinajstić information content (AvgIpc) is 2.72. The highest BCUT2D eigenvalue weighted by Crippen LogP contribution is 2.20. The van der Waals surface area contributed by atoms with E-state index >= 15 is 0 Å². The monoisotopic (exact) mass is 299 g/mol. The minimum Gasteiger partial charge on any atom is -0.379 e. The minimum absolute atomic E-state index is 0.224. The number of nitrogens with two attached hydrogens (primary N) is 1. The topological polar surface area (TPSA) is 77.2 Å². The Morgan fingerprint density at radius 3 is 3.06 bits per heavy atom. The Labute approximate surface area is 108 Å². The van der Waals surface area contributed by atoms with E-state index in [0.29, 0.717) is 18.7 Å². The van der Waals surface area contributed by atoms with Gasteiger partial charge < -0.3 is 15.8 Å². The molecule has 1 aromatic rings. The summed E-state index contributed by atoms with van der Waals surface area (Å²) in [5.74, 6) is -0.224. The van der Waals surface area contributed by atoms with Gasteiger partial charge in [0.15, 0.2) is 0 Å². The number of aryl methyl sites for hydroxylation is 1. The first kappa shape index (κ1) is 12.5. The fraction of sp³-hybridized carbons (Fsp3) is 0.455. The second-order valence-electron chi connectivity index (χ2n) is 4.24. The number of nitrogens with one attached hydrogen (secondary N) is 1. The largest absolute Gasteiger partial charge is 0.379 e. The summed E-state index contributed by atoms with van der Waals surface area (Å²) in [6, 6.07) is 1.84. The van der Waals surface area contributed by atoms with Gasteiger partial charge in [0, 0.05) is 6.61 Å². The molecule has 2 rings (SSSR count). The van der Waals surface area contributed by atoms with Gasteiger partial charge in [0.2, 0.25) is 5.91 Å². The number of ether oxygens (including phenoxy) is 1. The van der Waals surface area contributed by atoms with Gasteiger partial charge in [0.25, 0.3) is 0 Å². The van der Waals surface area contributed by atoms with Gasteiger partial charge in [-0.15, -0.1) is 0 Å². The van der Waals surface area contributed by atoms with Gasteiger partial charge in [-0.1, -0.05) is 0 Å². The number of carbonyl (C=O) groups excluding carboxylic acids is 1. The maximum Gasteiger partial charge on any atom is 0.246 e. The van der Waals surface area contributed by atoms with Crippen LogP contribution in [0.2, 0.25) is 0 Å². The van der Waals surface area contributed by atoms with Gasteiger partial charge in [-0.25, -0.2) is 4.98 Å². The molecular formula is C11H14BrN3O2. The van der Waals surface area contributed by atoms with Crippen molar-refractivity contribution in [1.82, 2.24) is 4.98 Å². The summed E-state index contributed by atoms with van der Waals surface area (Å²) in [6.45, 7) is 2.70. The highest BCUT2D eigenvalue weighted by molar-refractivity contribution is 9.10. The average molecular weight is 300 g/mol. The molecule has 0 spiro atoms. The second-order valence-corrected chi connectivity index (χ2v) is 5.00. The van der Waals surface area contributed by atoms with Crippen molar-refractivity contribution in [2.24, 2.45) is 5.73 Å². The molecule has 17 heavy (non-hydrogen) atoms. The van der Waals surface area contributed by atoms with Gasteiger partial charge in [0.05, 0.1) is 18.5 Å². The number of pyridine rings is 1. The SMILES string of the molecule is Cc1cc(NC(=O)C2(N)CCOC2)cnc1Br. The lowest BCUT2D eigenvalue weighted by atomic mass is 9.99. The van der Waals surface area contributed by atoms with E-state index < -0.39 is 5.54 Å². The molecule has 5 nitrogen and oxygen atoms in total. The molecular weight excluding hydrogens is 286 g/mol. The summed E-state index contributed by atoms with van der Waals surface area (Å²) in [4.78, 5) is 16.1. The maximum absolute atomic E-state index is 12.0.